The Morgan fingerprint density at radius 2 is 1.57 bits per heavy atom. The molecule has 0 atom stereocenters. The summed E-state index contributed by atoms with van der Waals surface area (Å²) in [6.07, 6.45) is 0.283. The minimum atomic E-state index is -1.11. The van der Waals surface area contributed by atoms with Crippen molar-refractivity contribution in [3.8, 4) is 34.3 Å². The third-order valence-electron chi connectivity index (χ3n) is 6.27. The van der Waals surface area contributed by atoms with Crippen molar-refractivity contribution < 1.29 is 58.2 Å². The second-order valence-electron chi connectivity index (χ2n) is 9.15. The minimum absolute atomic E-state index is 0. The molecule has 0 unspecified atom stereocenters. The molecule has 0 aliphatic carbocycles. The van der Waals surface area contributed by atoms with Gasteiger partial charge in [-0.1, -0.05) is 36.4 Å². The number of nitrogens with zero attached hydrogens (tertiary/aromatic N) is 3. The molecule has 1 heterocycles. The van der Waals surface area contributed by atoms with Crippen LogP contribution in [0.2, 0.25) is 0 Å². The summed E-state index contributed by atoms with van der Waals surface area (Å²) in [5.74, 6) is -0.320. The molecule has 0 amide bonds. The van der Waals surface area contributed by atoms with Gasteiger partial charge in [0, 0.05) is 40.9 Å². The molecule has 9 nitrogen and oxygen atoms in total. The number of carboxylic acids is 1. The fraction of sp³-hybridized carbons (Fsp3) is 0.129. The van der Waals surface area contributed by atoms with Crippen LogP contribution in [0, 0.1) is 15.9 Å². The van der Waals surface area contributed by atoms with Gasteiger partial charge in [0.05, 0.1) is 17.2 Å². The van der Waals surface area contributed by atoms with Crippen LogP contribution in [0.5, 0.6) is 11.6 Å². The number of benzene rings is 4. The van der Waals surface area contributed by atoms with Crippen LogP contribution in [0.15, 0.2) is 91.0 Å². The molecule has 0 bridgehead atoms. The van der Waals surface area contributed by atoms with E-state index in [2.05, 4.69) is 4.98 Å². The van der Waals surface area contributed by atoms with E-state index in [1.165, 1.54) is 18.2 Å². The van der Waals surface area contributed by atoms with Gasteiger partial charge in [-0.05, 0) is 60.0 Å². The van der Waals surface area contributed by atoms with E-state index in [1.807, 2.05) is 30.3 Å². The number of hydrogen-bond donors (Lipinski definition) is 0. The Morgan fingerprint density at radius 1 is 0.857 bits per heavy atom. The van der Waals surface area contributed by atoms with Crippen LogP contribution in [-0.2, 0) is 11.4 Å². The number of aromatic nitrogens is 2. The summed E-state index contributed by atoms with van der Waals surface area (Å²) in [4.78, 5) is 30.5. The zero-order valence-electron chi connectivity index (χ0n) is 22.7. The van der Waals surface area contributed by atoms with Crippen molar-refractivity contribution in [2.24, 2.45) is 0 Å². The number of halogens is 1. The molecule has 0 aliphatic rings. The van der Waals surface area contributed by atoms with Crippen LogP contribution in [0.4, 0.5) is 10.1 Å². The van der Waals surface area contributed by atoms with E-state index in [4.69, 9.17) is 14.5 Å². The molecule has 1 aromatic heterocycles. The van der Waals surface area contributed by atoms with Gasteiger partial charge in [0.1, 0.15) is 18.2 Å². The number of carbonyl (C=O) groups is 1. The zero-order valence-corrected chi connectivity index (χ0v) is 24.7. The van der Waals surface area contributed by atoms with Crippen molar-refractivity contribution >= 4 is 22.4 Å². The van der Waals surface area contributed by atoms with Crippen LogP contribution in [0.1, 0.15) is 18.4 Å². The number of carboxylic acid groups (broad SMARTS) is 1. The summed E-state index contributed by atoms with van der Waals surface area (Å²) in [6.45, 7) is 0.211. The van der Waals surface area contributed by atoms with E-state index in [-0.39, 0.29) is 60.8 Å². The number of hydrogen-bond acceptors (Lipinski definition) is 8. The number of ether oxygens (including phenoxy) is 2. The van der Waals surface area contributed by atoms with Gasteiger partial charge in [0.15, 0.2) is 5.82 Å². The largest absolute Gasteiger partial charge is 1.00 e. The summed E-state index contributed by atoms with van der Waals surface area (Å²) >= 11 is 0. The summed E-state index contributed by atoms with van der Waals surface area (Å²) in [6, 6.07) is 25.1. The van der Waals surface area contributed by atoms with E-state index in [0.717, 1.165) is 10.8 Å². The van der Waals surface area contributed by atoms with E-state index in [1.54, 1.807) is 42.5 Å². The third-order valence-corrected chi connectivity index (χ3v) is 6.27. The molecule has 206 valence electrons. The molecule has 0 spiro atoms. The average molecular weight is 576 g/mol. The van der Waals surface area contributed by atoms with Gasteiger partial charge in [-0.3, -0.25) is 10.1 Å². The van der Waals surface area contributed by atoms with Gasteiger partial charge in [0.25, 0.3) is 5.69 Å². The van der Waals surface area contributed by atoms with Crippen molar-refractivity contribution in [1.29, 1.82) is 0 Å². The summed E-state index contributed by atoms with van der Waals surface area (Å²) < 4.78 is 25.7. The molecule has 0 radical (unpaired) electrons. The Balaban J connectivity index is 0.00000405. The monoisotopic (exact) mass is 575 g/mol. The van der Waals surface area contributed by atoms with Crippen molar-refractivity contribution in [2.45, 2.75) is 19.4 Å². The maximum absolute atomic E-state index is 14.2. The van der Waals surface area contributed by atoms with Gasteiger partial charge in [-0.15, -0.1) is 0 Å². The Kier molecular flexibility index (Phi) is 10.2. The first-order valence-corrected chi connectivity index (χ1v) is 12.7. The second kappa shape index (κ2) is 14.0. The number of fused-ring (bicyclic) bond motifs is 1. The van der Waals surface area contributed by atoms with Crippen LogP contribution in [0.25, 0.3) is 33.4 Å². The molecule has 5 aromatic rings. The molecule has 0 saturated carbocycles. The predicted octanol–water partition coefficient (Wildman–Crippen LogP) is 2.50. The van der Waals surface area contributed by atoms with Gasteiger partial charge < -0.3 is 19.4 Å². The van der Waals surface area contributed by atoms with Crippen LogP contribution >= 0.6 is 0 Å². The zero-order chi connectivity index (χ0) is 28.8. The molecule has 11 heteroatoms. The Bertz CT molecular complexity index is 1730. The molecule has 0 saturated heterocycles. The summed E-state index contributed by atoms with van der Waals surface area (Å²) in [5, 5.41) is 23.5. The van der Waals surface area contributed by atoms with E-state index >= 15 is 0 Å². The first-order valence-electron chi connectivity index (χ1n) is 12.7. The van der Waals surface area contributed by atoms with Gasteiger partial charge >= 0.3 is 29.6 Å². The number of nitro benzene ring substituents is 1. The maximum atomic E-state index is 14.2. The quantitative estimate of drug-likeness (QED) is 0.102. The van der Waals surface area contributed by atoms with Crippen molar-refractivity contribution in [1.82, 2.24) is 9.97 Å². The maximum Gasteiger partial charge on any atom is 1.00 e. The average Bonchev–Trinajstić information content (AvgIpc) is 2.98. The van der Waals surface area contributed by atoms with Crippen molar-refractivity contribution in [3.63, 3.8) is 0 Å². The SMILES string of the molecule is O=C([O-])CCCOc1ccc2cc(-c3nc(OCc4ccccc4F)cc(-c4ccc([N+](=O)[O-])cc4)n3)ccc2c1.[Na+]. The van der Waals surface area contributed by atoms with Crippen LogP contribution < -0.4 is 44.1 Å². The van der Waals surface area contributed by atoms with Gasteiger partial charge in [-0.25, -0.2) is 9.37 Å². The molecule has 0 fully saturated rings. The third kappa shape index (κ3) is 7.67. The fourth-order valence-electron chi connectivity index (χ4n) is 4.16. The second-order valence-corrected chi connectivity index (χ2v) is 9.15. The van der Waals surface area contributed by atoms with E-state index in [0.29, 0.717) is 40.4 Å². The fourth-order valence-corrected chi connectivity index (χ4v) is 4.16. The molecule has 4 aromatic carbocycles. The molecular weight excluding hydrogens is 552 g/mol. The number of non-ortho nitro benzene ring substituents is 1. The van der Waals surface area contributed by atoms with Crippen molar-refractivity contribution in [3.05, 3.63) is 112 Å². The minimum Gasteiger partial charge on any atom is -0.550 e. The van der Waals surface area contributed by atoms with Gasteiger partial charge in [0.2, 0.25) is 5.88 Å². The Labute approximate surface area is 262 Å². The standard InChI is InChI=1S/C31H24FN3O6.Na/c32-27-5-2-1-4-24(27)19-41-29-18-28(20-9-12-25(13-10-20)35(38)39)33-31(34-29)23-8-7-22-17-26(14-11-21(22)16-23)40-15-3-6-30(36)37;/h1-2,4-5,7-14,16-18H,3,6,15,19H2,(H,36,37);/q;+1/p-1. The predicted molar refractivity (Wildman–Crippen MR) is 148 cm³/mol. The van der Waals surface area contributed by atoms with E-state index < -0.39 is 16.7 Å². The topological polar surface area (TPSA) is 128 Å². The summed E-state index contributed by atoms with van der Waals surface area (Å²) in [5.41, 5.74) is 2.12. The molecule has 0 N–H and O–H groups in total. The number of aliphatic carboxylic acids is 1. The number of rotatable bonds is 11. The van der Waals surface area contributed by atoms with Crippen LogP contribution in [0.3, 0.4) is 0 Å². The first kappa shape index (κ1) is 30.6. The van der Waals surface area contributed by atoms with Crippen LogP contribution in [-0.4, -0.2) is 27.5 Å². The number of carbonyl (C=O) groups excluding carboxylic acids is 1. The van der Waals surface area contributed by atoms with Gasteiger partial charge in [-0.2, -0.15) is 4.98 Å². The van der Waals surface area contributed by atoms with E-state index in [9.17, 15) is 24.4 Å². The Hall–Kier alpha value is -4.38. The molecule has 0 aliphatic heterocycles. The smallest absolute Gasteiger partial charge is 0.550 e. The normalized spacial score (nSPS) is 10.6. The molecular formula is C31H23FN3NaO6. The summed E-state index contributed by atoms with van der Waals surface area (Å²) in [7, 11) is 0. The van der Waals surface area contributed by atoms with Crippen molar-refractivity contribution in [2.75, 3.05) is 6.61 Å². The number of nitro groups is 1. The molecule has 42 heavy (non-hydrogen) atoms. The molecule has 5 rings (SSSR count). The Morgan fingerprint density at radius 3 is 2.31 bits per heavy atom. The first-order chi connectivity index (χ1) is 19.9.